The van der Waals surface area contributed by atoms with Crippen molar-refractivity contribution in [1.82, 2.24) is 19.4 Å². The second-order valence-corrected chi connectivity index (χ2v) is 5.06. The van der Waals surface area contributed by atoms with Gasteiger partial charge in [-0.3, -0.25) is 9.38 Å². The molecule has 0 bridgehead atoms. The number of hydrogen-bond donors (Lipinski definition) is 1. The molecule has 0 amide bonds. The van der Waals surface area contributed by atoms with Crippen molar-refractivity contribution < 1.29 is 0 Å². The van der Waals surface area contributed by atoms with E-state index in [0.717, 1.165) is 5.56 Å². The molecule has 0 atom stereocenters. The van der Waals surface area contributed by atoms with E-state index < -0.39 is 0 Å². The van der Waals surface area contributed by atoms with Crippen molar-refractivity contribution in [1.29, 1.82) is 5.26 Å². The van der Waals surface area contributed by atoms with Gasteiger partial charge in [-0.15, -0.1) is 11.8 Å². The summed E-state index contributed by atoms with van der Waals surface area (Å²) in [5, 5.41) is 13.4. The maximum absolute atomic E-state index is 9.44. The molecule has 0 saturated heterocycles. The van der Waals surface area contributed by atoms with E-state index in [4.69, 9.17) is 0 Å². The first-order chi connectivity index (χ1) is 10.3. The highest BCUT2D eigenvalue weighted by Crippen LogP contribution is 2.26. The Bertz CT molecular complexity index is 805. The Kier molecular flexibility index (Phi) is 3.71. The number of fused-ring (bicyclic) bond motifs is 1. The van der Waals surface area contributed by atoms with Crippen LogP contribution in [0.1, 0.15) is 11.1 Å². The molecule has 0 spiro atoms. The van der Waals surface area contributed by atoms with Crippen molar-refractivity contribution in [3.05, 3.63) is 48.0 Å². The minimum absolute atomic E-state index is 0.530. The minimum Gasteiger partial charge on any atom is -0.366 e. The van der Waals surface area contributed by atoms with E-state index >= 15 is 0 Å². The molecule has 3 aromatic heterocycles. The number of aromatic nitrogens is 4. The highest BCUT2D eigenvalue weighted by atomic mass is 32.2. The molecule has 0 aliphatic heterocycles. The van der Waals surface area contributed by atoms with E-state index in [0.29, 0.717) is 28.7 Å². The van der Waals surface area contributed by atoms with Gasteiger partial charge in [0.1, 0.15) is 22.5 Å². The van der Waals surface area contributed by atoms with Crippen LogP contribution in [0.2, 0.25) is 0 Å². The molecule has 0 aliphatic rings. The van der Waals surface area contributed by atoms with Crippen molar-refractivity contribution in [2.75, 3.05) is 11.6 Å². The molecule has 21 heavy (non-hydrogen) atoms. The van der Waals surface area contributed by atoms with Crippen LogP contribution in [0.3, 0.4) is 0 Å². The first-order valence-electron chi connectivity index (χ1n) is 6.27. The third kappa shape index (κ3) is 2.53. The topological polar surface area (TPSA) is 78.9 Å². The number of anilines is 1. The van der Waals surface area contributed by atoms with Crippen molar-refractivity contribution in [3.8, 4) is 6.07 Å². The van der Waals surface area contributed by atoms with Crippen molar-refractivity contribution in [2.24, 2.45) is 0 Å². The molecule has 0 unspecified atom stereocenters. The van der Waals surface area contributed by atoms with Gasteiger partial charge >= 0.3 is 0 Å². The molecule has 1 N–H and O–H groups in total. The number of pyridine rings is 1. The van der Waals surface area contributed by atoms with Crippen molar-refractivity contribution in [2.45, 2.75) is 11.6 Å². The van der Waals surface area contributed by atoms with Crippen LogP contribution < -0.4 is 5.32 Å². The van der Waals surface area contributed by atoms with E-state index in [9.17, 15) is 5.26 Å². The van der Waals surface area contributed by atoms with Crippen LogP contribution >= 0.6 is 11.8 Å². The molecule has 0 radical (unpaired) electrons. The summed E-state index contributed by atoms with van der Waals surface area (Å²) in [6, 6.07) is 6.09. The zero-order valence-corrected chi connectivity index (χ0v) is 12.1. The van der Waals surface area contributed by atoms with Crippen LogP contribution in [0.5, 0.6) is 0 Å². The first-order valence-corrected chi connectivity index (χ1v) is 7.50. The lowest BCUT2D eigenvalue weighted by Gasteiger charge is -2.12. The SMILES string of the molecule is CSc1nc2nccn2c(NCc2ccncc2)c1C#N. The average molecular weight is 296 g/mol. The predicted octanol–water partition coefficient (Wildman–Crippen LogP) is 2.33. The third-order valence-electron chi connectivity index (χ3n) is 3.03. The number of nitriles is 1. The van der Waals surface area contributed by atoms with Gasteiger partial charge in [0.2, 0.25) is 5.78 Å². The molecule has 0 aromatic carbocycles. The van der Waals surface area contributed by atoms with Crippen LogP contribution in [0.25, 0.3) is 5.78 Å². The summed E-state index contributed by atoms with van der Waals surface area (Å²) in [7, 11) is 0. The molecule has 3 rings (SSSR count). The highest BCUT2D eigenvalue weighted by molar-refractivity contribution is 7.98. The standard InChI is InChI=1S/C14H12N6S/c1-21-13-11(8-15)12(20-7-6-17-14(20)19-13)18-9-10-2-4-16-5-3-10/h2-7,18H,9H2,1H3. The normalized spacial score (nSPS) is 10.5. The summed E-state index contributed by atoms with van der Waals surface area (Å²) < 4.78 is 1.79. The van der Waals surface area contributed by atoms with Gasteiger partial charge in [0, 0.05) is 31.3 Å². The van der Waals surface area contributed by atoms with Gasteiger partial charge in [-0.1, -0.05) is 0 Å². The highest BCUT2D eigenvalue weighted by Gasteiger charge is 2.14. The van der Waals surface area contributed by atoms with Gasteiger partial charge in [-0.2, -0.15) is 5.26 Å². The van der Waals surface area contributed by atoms with E-state index in [1.54, 1.807) is 29.2 Å². The fourth-order valence-electron chi connectivity index (χ4n) is 2.03. The van der Waals surface area contributed by atoms with E-state index in [-0.39, 0.29) is 0 Å². The number of hydrogen-bond acceptors (Lipinski definition) is 6. The Hall–Kier alpha value is -2.59. The number of imidazole rings is 1. The van der Waals surface area contributed by atoms with Crippen LogP contribution in [0.15, 0.2) is 41.9 Å². The van der Waals surface area contributed by atoms with Crippen LogP contribution in [0.4, 0.5) is 5.82 Å². The molecule has 3 heterocycles. The summed E-state index contributed by atoms with van der Waals surface area (Å²) in [6.07, 6.45) is 8.85. The van der Waals surface area contributed by atoms with Gasteiger partial charge < -0.3 is 5.32 Å². The van der Waals surface area contributed by atoms with Gasteiger partial charge in [0.25, 0.3) is 0 Å². The van der Waals surface area contributed by atoms with Crippen molar-refractivity contribution in [3.63, 3.8) is 0 Å². The summed E-state index contributed by atoms with van der Waals surface area (Å²) in [5.74, 6) is 1.29. The molecule has 104 valence electrons. The van der Waals surface area contributed by atoms with E-state index in [2.05, 4.69) is 26.3 Å². The lowest BCUT2D eigenvalue weighted by atomic mass is 10.2. The second-order valence-electron chi connectivity index (χ2n) is 4.26. The first kappa shape index (κ1) is 13.4. The van der Waals surface area contributed by atoms with E-state index in [1.807, 2.05) is 18.4 Å². The molecule has 0 saturated carbocycles. The quantitative estimate of drug-likeness (QED) is 0.588. The Labute approximate surface area is 125 Å². The number of rotatable bonds is 4. The Balaban J connectivity index is 2.03. The Morgan fingerprint density at radius 1 is 1.33 bits per heavy atom. The van der Waals surface area contributed by atoms with Gasteiger partial charge in [0.05, 0.1) is 0 Å². The lowest BCUT2D eigenvalue weighted by molar-refractivity contribution is 0.986. The largest absolute Gasteiger partial charge is 0.366 e. The fraction of sp³-hybridized carbons (Fsp3) is 0.143. The lowest BCUT2D eigenvalue weighted by Crippen LogP contribution is -2.08. The van der Waals surface area contributed by atoms with Crippen molar-refractivity contribution >= 4 is 23.4 Å². The maximum atomic E-state index is 9.44. The summed E-state index contributed by atoms with van der Waals surface area (Å²) in [4.78, 5) is 12.6. The average Bonchev–Trinajstić information content (AvgIpc) is 3.00. The molecule has 6 nitrogen and oxygen atoms in total. The smallest absolute Gasteiger partial charge is 0.236 e. The zero-order valence-electron chi connectivity index (χ0n) is 11.3. The third-order valence-corrected chi connectivity index (χ3v) is 3.71. The van der Waals surface area contributed by atoms with Crippen LogP contribution in [-0.2, 0) is 6.54 Å². The Morgan fingerprint density at radius 2 is 2.14 bits per heavy atom. The van der Waals surface area contributed by atoms with Crippen LogP contribution in [0, 0.1) is 11.3 Å². The van der Waals surface area contributed by atoms with E-state index in [1.165, 1.54) is 11.8 Å². The molecule has 0 fully saturated rings. The minimum atomic E-state index is 0.530. The van der Waals surface area contributed by atoms with Gasteiger partial charge in [-0.25, -0.2) is 9.97 Å². The molecular formula is C14H12N6S. The second kappa shape index (κ2) is 5.81. The molecule has 0 aliphatic carbocycles. The molecule has 3 aromatic rings. The number of nitrogens with one attached hydrogen (secondary N) is 1. The monoisotopic (exact) mass is 296 g/mol. The summed E-state index contributed by atoms with van der Waals surface area (Å²) in [6.45, 7) is 0.600. The Morgan fingerprint density at radius 3 is 2.86 bits per heavy atom. The molecule has 7 heteroatoms. The van der Waals surface area contributed by atoms with Crippen LogP contribution in [-0.4, -0.2) is 25.6 Å². The van der Waals surface area contributed by atoms with Gasteiger partial charge in [0.15, 0.2) is 0 Å². The van der Waals surface area contributed by atoms with Gasteiger partial charge in [-0.05, 0) is 24.0 Å². The number of nitrogens with zero attached hydrogens (tertiary/aromatic N) is 5. The molecular weight excluding hydrogens is 284 g/mol. The number of thioether (sulfide) groups is 1. The summed E-state index contributed by atoms with van der Waals surface area (Å²) >= 11 is 1.44. The predicted molar refractivity (Wildman–Crippen MR) is 81.0 cm³/mol. The summed E-state index contributed by atoms with van der Waals surface area (Å²) in [5.41, 5.74) is 1.62. The zero-order chi connectivity index (χ0) is 14.7. The fourth-order valence-corrected chi connectivity index (χ4v) is 2.55. The maximum Gasteiger partial charge on any atom is 0.236 e.